The first-order valence-electron chi connectivity index (χ1n) is 9.27. The van der Waals surface area contributed by atoms with E-state index < -0.39 is 35.2 Å². The first-order valence-corrected chi connectivity index (χ1v) is 11.0. The van der Waals surface area contributed by atoms with Crippen molar-refractivity contribution >= 4 is 40.9 Å². The van der Waals surface area contributed by atoms with Gasteiger partial charge in [-0.2, -0.15) is 5.26 Å². The monoisotopic (exact) mass is 456 g/mol. The molecule has 1 aromatic carbocycles. The number of esters is 1. The fourth-order valence-corrected chi connectivity index (χ4v) is 5.51. The number of rotatable bonds is 7. The molecule has 2 aromatic rings. The number of hydrogen-bond acceptors (Lipinski definition) is 8. The van der Waals surface area contributed by atoms with Crippen molar-refractivity contribution in [2.24, 2.45) is 5.92 Å². The van der Waals surface area contributed by atoms with Crippen LogP contribution in [0.3, 0.4) is 0 Å². The summed E-state index contributed by atoms with van der Waals surface area (Å²) >= 11 is 2.24. The van der Waals surface area contributed by atoms with Gasteiger partial charge in [0.05, 0.1) is 6.42 Å². The van der Waals surface area contributed by atoms with E-state index in [1.165, 1.54) is 11.3 Å². The number of carboxylic acid groups (broad SMARTS) is 1. The number of aliphatic carboxylic acids is 1. The average Bonchev–Trinajstić information content (AvgIpc) is 3.31. The van der Waals surface area contributed by atoms with Gasteiger partial charge >= 0.3 is 11.9 Å². The molecule has 3 atom stereocenters. The van der Waals surface area contributed by atoms with Crippen molar-refractivity contribution in [3.8, 4) is 11.8 Å². The molecule has 1 N–H and O–H groups in total. The zero-order chi connectivity index (χ0) is 22.1. The number of carbonyl (C=O) groups is 3. The first-order chi connectivity index (χ1) is 14.9. The van der Waals surface area contributed by atoms with E-state index in [-0.39, 0.29) is 23.0 Å². The molecule has 2 aliphatic heterocycles. The zero-order valence-corrected chi connectivity index (χ0v) is 17.8. The predicted octanol–water partition coefficient (Wildman–Crippen LogP) is 2.96. The third kappa shape index (κ3) is 3.89. The second kappa shape index (κ2) is 8.45. The number of nitrogens with zero attached hydrogens (tertiary/aromatic N) is 2. The Bertz CT molecular complexity index is 1120. The highest BCUT2D eigenvalue weighted by Crippen LogP contribution is 2.51. The molecule has 10 heteroatoms. The van der Waals surface area contributed by atoms with Crippen molar-refractivity contribution in [2.45, 2.75) is 24.8 Å². The topological polar surface area (TPSA) is 117 Å². The number of β-lactam (4-membered cyclic amide) rings is 1. The van der Waals surface area contributed by atoms with Gasteiger partial charge in [-0.25, -0.2) is 4.79 Å². The number of fused-ring (bicyclic) bond motifs is 1. The molecule has 0 saturated carbocycles. The number of carboxylic acids is 1. The molecule has 4 rings (SSSR count). The van der Waals surface area contributed by atoms with Crippen LogP contribution in [0.5, 0.6) is 5.75 Å². The minimum Gasteiger partial charge on any atom is -0.476 e. The molecule has 1 saturated heterocycles. The summed E-state index contributed by atoms with van der Waals surface area (Å²) in [6.07, 6.45) is -0.655. The minimum absolute atomic E-state index is 0.0334. The van der Waals surface area contributed by atoms with Crippen molar-refractivity contribution in [3.63, 3.8) is 0 Å². The van der Waals surface area contributed by atoms with Crippen LogP contribution >= 0.6 is 23.1 Å². The Labute approximate surface area is 185 Å². The fraction of sp³-hybridized carbons (Fsp3) is 0.238. The minimum atomic E-state index is -1.31. The van der Waals surface area contributed by atoms with E-state index in [1.54, 1.807) is 18.4 Å². The van der Waals surface area contributed by atoms with Crippen LogP contribution in [-0.4, -0.2) is 39.3 Å². The van der Waals surface area contributed by atoms with Gasteiger partial charge in [0.2, 0.25) is 5.91 Å². The lowest BCUT2D eigenvalue weighted by atomic mass is 9.92. The van der Waals surface area contributed by atoms with Crippen molar-refractivity contribution in [3.05, 3.63) is 63.0 Å². The van der Waals surface area contributed by atoms with Crippen LogP contribution in [0.2, 0.25) is 0 Å². The summed E-state index contributed by atoms with van der Waals surface area (Å²) in [5, 5.41) is 19.9. The summed E-state index contributed by atoms with van der Waals surface area (Å²) in [4.78, 5) is 38.2. The maximum Gasteiger partial charge on any atom is 0.357 e. The SMILES string of the molecule is C[C@@H](OC(=O)Cc1ccccc1)[C@H]1C(=O)N2C(C(=O)O)=C(Oc3ccsc3C#N)SC12. The van der Waals surface area contributed by atoms with E-state index in [0.29, 0.717) is 4.88 Å². The third-order valence-corrected chi connectivity index (χ3v) is 6.93. The van der Waals surface area contributed by atoms with Crippen molar-refractivity contribution < 1.29 is 29.0 Å². The Morgan fingerprint density at radius 2 is 2.03 bits per heavy atom. The smallest absolute Gasteiger partial charge is 0.357 e. The second-order valence-corrected chi connectivity index (χ2v) is 8.87. The highest BCUT2D eigenvalue weighted by molar-refractivity contribution is 8.03. The zero-order valence-electron chi connectivity index (χ0n) is 16.2. The number of nitriles is 1. The third-order valence-electron chi connectivity index (χ3n) is 4.90. The van der Waals surface area contributed by atoms with Crippen LogP contribution in [0.1, 0.15) is 17.4 Å². The van der Waals surface area contributed by atoms with Gasteiger partial charge in [0.15, 0.2) is 16.5 Å². The van der Waals surface area contributed by atoms with Gasteiger partial charge < -0.3 is 14.6 Å². The molecular formula is C21H16N2O6S2. The van der Waals surface area contributed by atoms with Gasteiger partial charge in [0.25, 0.3) is 0 Å². The molecule has 3 heterocycles. The molecule has 31 heavy (non-hydrogen) atoms. The molecule has 1 fully saturated rings. The van der Waals surface area contributed by atoms with Gasteiger partial charge in [-0.15, -0.1) is 11.3 Å². The van der Waals surface area contributed by atoms with Crippen LogP contribution in [0.25, 0.3) is 0 Å². The normalized spacial score (nSPS) is 20.5. The summed E-state index contributed by atoms with van der Waals surface area (Å²) in [5.41, 5.74) is 0.528. The molecule has 2 aliphatic rings. The summed E-state index contributed by atoms with van der Waals surface area (Å²) < 4.78 is 11.1. The molecule has 0 bridgehead atoms. The summed E-state index contributed by atoms with van der Waals surface area (Å²) in [6, 6.07) is 12.7. The first kappa shape index (κ1) is 21.0. The lowest BCUT2D eigenvalue weighted by Gasteiger charge is -2.43. The highest BCUT2D eigenvalue weighted by atomic mass is 32.2. The lowest BCUT2D eigenvalue weighted by molar-refractivity contribution is -0.166. The van der Waals surface area contributed by atoms with Gasteiger partial charge in [-0.3, -0.25) is 14.5 Å². The molecule has 0 radical (unpaired) electrons. The van der Waals surface area contributed by atoms with E-state index in [9.17, 15) is 19.5 Å². The van der Waals surface area contributed by atoms with Crippen molar-refractivity contribution in [1.29, 1.82) is 5.26 Å². The standard InChI is InChI=1S/C21H16N2O6S2/c1-11(28-15(24)9-12-5-3-2-4-6-12)16-18(25)23-17(20(26)27)21(31-19(16)23)29-13-7-8-30-14(13)10-22/h2-8,11,16,19H,9H2,1H3,(H,26,27)/t11-,16+,19?/m1/s1. The van der Waals surface area contributed by atoms with Gasteiger partial charge in [0, 0.05) is 0 Å². The number of ether oxygens (including phenoxy) is 2. The van der Waals surface area contributed by atoms with E-state index in [0.717, 1.165) is 22.2 Å². The molecule has 158 valence electrons. The maximum absolute atomic E-state index is 12.7. The molecule has 1 amide bonds. The molecule has 0 aliphatic carbocycles. The number of benzene rings is 1. The Balaban J connectivity index is 1.46. The van der Waals surface area contributed by atoms with E-state index in [4.69, 9.17) is 14.7 Å². The van der Waals surface area contributed by atoms with Crippen LogP contribution < -0.4 is 4.74 Å². The number of thiophene rings is 1. The second-order valence-electron chi connectivity index (χ2n) is 6.87. The fourth-order valence-electron chi connectivity index (χ4n) is 3.45. The Kier molecular flexibility index (Phi) is 5.71. The Morgan fingerprint density at radius 1 is 1.29 bits per heavy atom. The van der Waals surface area contributed by atoms with Gasteiger partial charge in [-0.1, -0.05) is 42.1 Å². The lowest BCUT2D eigenvalue weighted by Crippen LogP contribution is -2.61. The molecule has 0 spiro atoms. The summed E-state index contributed by atoms with van der Waals surface area (Å²) in [5.74, 6) is -2.67. The van der Waals surface area contributed by atoms with Gasteiger partial charge in [0.1, 0.15) is 28.3 Å². The van der Waals surface area contributed by atoms with Crippen LogP contribution in [0.4, 0.5) is 0 Å². The number of carbonyl (C=O) groups excluding carboxylic acids is 2. The molecular weight excluding hydrogens is 440 g/mol. The Morgan fingerprint density at radius 3 is 2.71 bits per heavy atom. The predicted molar refractivity (Wildman–Crippen MR) is 112 cm³/mol. The number of amides is 1. The molecule has 1 aromatic heterocycles. The van der Waals surface area contributed by atoms with Crippen LogP contribution in [0, 0.1) is 17.2 Å². The van der Waals surface area contributed by atoms with E-state index in [1.807, 2.05) is 36.4 Å². The maximum atomic E-state index is 12.7. The Hall–Kier alpha value is -3.29. The summed E-state index contributed by atoms with van der Waals surface area (Å²) in [6.45, 7) is 1.62. The van der Waals surface area contributed by atoms with E-state index in [2.05, 4.69) is 0 Å². The van der Waals surface area contributed by atoms with E-state index >= 15 is 0 Å². The summed E-state index contributed by atoms with van der Waals surface area (Å²) in [7, 11) is 0. The molecule has 8 nitrogen and oxygen atoms in total. The highest BCUT2D eigenvalue weighted by Gasteiger charge is 2.59. The van der Waals surface area contributed by atoms with Crippen molar-refractivity contribution in [1.82, 2.24) is 4.90 Å². The average molecular weight is 457 g/mol. The number of thioether (sulfide) groups is 1. The quantitative estimate of drug-likeness (QED) is 0.499. The number of hydrogen-bond donors (Lipinski definition) is 1. The largest absolute Gasteiger partial charge is 0.476 e. The molecule has 1 unspecified atom stereocenters. The van der Waals surface area contributed by atoms with Crippen LogP contribution in [-0.2, 0) is 25.5 Å². The van der Waals surface area contributed by atoms with Gasteiger partial charge in [-0.05, 0) is 23.9 Å². The van der Waals surface area contributed by atoms with Crippen LogP contribution in [0.15, 0.2) is 52.6 Å². The van der Waals surface area contributed by atoms with Crippen molar-refractivity contribution in [2.75, 3.05) is 0 Å².